The number of amides is 2. The summed E-state index contributed by atoms with van der Waals surface area (Å²) in [5.41, 5.74) is 6.05. The van der Waals surface area contributed by atoms with Gasteiger partial charge in [-0.2, -0.15) is 0 Å². The van der Waals surface area contributed by atoms with E-state index in [1.165, 1.54) is 0 Å². The molecule has 0 fully saturated rings. The zero-order valence-electron chi connectivity index (χ0n) is 17.2. The van der Waals surface area contributed by atoms with E-state index in [1.807, 2.05) is 13.8 Å². The number of unbranched alkanes of at least 4 members (excludes halogenated alkanes) is 1. The lowest BCUT2D eigenvalue weighted by molar-refractivity contribution is -0.141. The maximum atomic E-state index is 12.7. The van der Waals surface area contributed by atoms with Crippen molar-refractivity contribution in [2.75, 3.05) is 20.7 Å². The molecule has 0 spiro atoms. The Bertz CT molecular complexity index is 401. The number of carbonyl (C=O) groups is 2. The lowest BCUT2D eigenvalue weighted by atomic mass is 9.90. The molecule has 6 nitrogen and oxygen atoms in total. The molecule has 0 aromatic heterocycles. The quantitative estimate of drug-likeness (QED) is 0.524. The molecule has 0 aliphatic carbocycles. The number of nitrogens with one attached hydrogen (secondary N) is 1. The van der Waals surface area contributed by atoms with E-state index in [9.17, 15) is 9.59 Å². The van der Waals surface area contributed by atoms with Crippen molar-refractivity contribution in [3.05, 3.63) is 0 Å². The molecule has 0 saturated heterocycles. The normalized spacial score (nSPS) is 16.2. The maximum absolute atomic E-state index is 12.7. The van der Waals surface area contributed by atoms with Crippen LogP contribution >= 0.6 is 0 Å². The van der Waals surface area contributed by atoms with Crippen LogP contribution in [0.4, 0.5) is 0 Å². The molecule has 0 aromatic carbocycles. The monoisotopic (exact) mass is 357 g/mol. The number of methoxy groups -OCH3 is 1. The third-order valence-electron chi connectivity index (χ3n) is 4.95. The molecule has 0 radical (unpaired) electrons. The fraction of sp³-hybridized carbons (Fsp3) is 0.895. The minimum Gasteiger partial charge on any atom is -0.379 e. The summed E-state index contributed by atoms with van der Waals surface area (Å²) in [5.74, 6) is 0.115. The molecule has 148 valence electrons. The van der Waals surface area contributed by atoms with E-state index in [4.69, 9.17) is 10.5 Å². The Labute approximate surface area is 153 Å². The van der Waals surface area contributed by atoms with E-state index in [1.54, 1.807) is 19.1 Å². The van der Waals surface area contributed by atoms with E-state index in [0.29, 0.717) is 6.54 Å². The van der Waals surface area contributed by atoms with E-state index < -0.39 is 6.04 Å². The molecule has 0 aliphatic heterocycles. The zero-order chi connectivity index (χ0) is 19.6. The van der Waals surface area contributed by atoms with Crippen LogP contribution in [-0.4, -0.2) is 55.6 Å². The Kier molecular flexibility index (Phi) is 11.7. The molecule has 0 rings (SSSR count). The van der Waals surface area contributed by atoms with Crippen molar-refractivity contribution in [2.45, 2.75) is 78.5 Å². The van der Waals surface area contributed by atoms with Crippen LogP contribution in [0.15, 0.2) is 0 Å². The molecule has 0 heterocycles. The van der Waals surface area contributed by atoms with Crippen LogP contribution in [0.1, 0.15) is 60.3 Å². The summed E-state index contributed by atoms with van der Waals surface area (Å²) in [6.07, 6.45) is 2.76. The molecule has 0 unspecified atom stereocenters. The van der Waals surface area contributed by atoms with Gasteiger partial charge in [0.05, 0.1) is 24.6 Å². The highest BCUT2D eigenvalue weighted by molar-refractivity contribution is 5.82. The molecule has 0 aromatic rings. The van der Waals surface area contributed by atoms with Crippen molar-refractivity contribution in [1.82, 2.24) is 10.2 Å². The molecule has 0 bridgehead atoms. The molecular weight excluding hydrogens is 318 g/mol. The first-order valence-corrected chi connectivity index (χ1v) is 9.52. The van der Waals surface area contributed by atoms with Gasteiger partial charge in [-0.1, -0.05) is 47.5 Å². The fourth-order valence-corrected chi connectivity index (χ4v) is 2.91. The Morgan fingerprint density at radius 3 is 2.24 bits per heavy atom. The number of hydrogen-bond donors (Lipinski definition) is 2. The number of rotatable bonds is 12. The summed E-state index contributed by atoms with van der Waals surface area (Å²) in [6, 6.07) is -0.739. The van der Waals surface area contributed by atoms with Crippen molar-refractivity contribution >= 4 is 11.8 Å². The summed E-state index contributed by atoms with van der Waals surface area (Å²) >= 11 is 0. The van der Waals surface area contributed by atoms with Crippen LogP contribution in [0.25, 0.3) is 0 Å². The maximum Gasteiger partial charge on any atom is 0.239 e. The predicted octanol–water partition coefficient (Wildman–Crippen LogP) is 2.16. The molecule has 3 N–H and O–H groups in total. The van der Waals surface area contributed by atoms with Gasteiger partial charge in [0.1, 0.15) is 0 Å². The van der Waals surface area contributed by atoms with Gasteiger partial charge in [-0.3, -0.25) is 9.59 Å². The van der Waals surface area contributed by atoms with Crippen LogP contribution in [0, 0.1) is 11.8 Å². The Hall–Kier alpha value is -1.14. The number of ether oxygens (including phenoxy) is 1. The van der Waals surface area contributed by atoms with Gasteiger partial charge in [0.15, 0.2) is 0 Å². The average molecular weight is 358 g/mol. The Morgan fingerprint density at radius 2 is 1.80 bits per heavy atom. The minimum absolute atomic E-state index is 0.0392. The van der Waals surface area contributed by atoms with E-state index in [2.05, 4.69) is 26.1 Å². The van der Waals surface area contributed by atoms with Gasteiger partial charge in [0.25, 0.3) is 0 Å². The van der Waals surface area contributed by atoms with E-state index in [-0.39, 0.29) is 42.2 Å². The second kappa shape index (κ2) is 12.3. The first kappa shape index (κ1) is 23.9. The standard InChI is InChI=1S/C19H39N3O3/c1-8-10-11-21-16(23)12-15(25-7)18(14(5)9-2)22(6)19(24)17(20)13(3)4/h13-15,17-18H,8-12,20H2,1-7H3,(H,21,23)/t14-,15+,17-,18-/m0/s1. The summed E-state index contributed by atoms with van der Waals surface area (Å²) in [4.78, 5) is 26.6. The van der Waals surface area contributed by atoms with E-state index in [0.717, 1.165) is 19.3 Å². The third kappa shape index (κ3) is 7.74. The molecule has 25 heavy (non-hydrogen) atoms. The second-order valence-electron chi connectivity index (χ2n) is 7.28. The van der Waals surface area contributed by atoms with Crippen LogP contribution in [0.3, 0.4) is 0 Å². The van der Waals surface area contributed by atoms with Crippen LogP contribution in [0.5, 0.6) is 0 Å². The third-order valence-corrected chi connectivity index (χ3v) is 4.95. The van der Waals surface area contributed by atoms with Crippen molar-refractivity contribution in [3.8, 4) is 0 Å². The van der Waals surface area contributed by atoms with Gasteiger partial charge in [-0.15, -0.1) is 0 Å². The summed E-state index contributed by atoms with van der Waals surface area (Å²) in [7, 11) is 3.36. The molecule has 0 saturated carbocycles. The van der Waals surface area contributed by atoms with Crippen molar-refractivity contribution in [1.29, 1.82) is 0 Å². The summed E-state index contributed by atoms with van der Waals surface area (Å²) < 4.78 is 5.63. The van der Waals surface area contributed by atoms with Crippen molar-refractivity contribution in [2.24, 2.45) is 17.6 Å². The van der Waals surface area contributed by atoms with E-state index >= 15 is 0 Å². The molecule has 0 aliphatic rings. The lowest BCUT2D eigenvalue weighted by Crippen LogP contribution is -2.55. The van der Waals surface area contributed by atoms with Gasteiger partial charge in [0.2, 0.25) is 11.8 Å². The predicted molar refractivity (Wildman–Crippen MR) is 102 cm³/mol. The molecular formula is C19H39N3O3. The molecule has 6 heteroatoms. The van der Waals surface area contributed by atoms with Gasteiger partial charge < -0.3 is 20.7 Å². The number of likely N-dealkylation sites (N-methyl/N-ethyl adjacent to an activating group) is 1. The molecule has 4 atom stereocenters. The lowest BCUT2D eigenvalue weighted by Gasteiger charge is -2.39. The molecule has 2 amide bonds. The highest BCUT2D eigenvalue weighted by Crippen LogP contribution is 2.22. The average Bonchev–Trinajstić information content (AvgIpc) is 2.59. The summed E-state index contributed by atoms with van der Waals surface area (Å²) in [5, 5.41) is 2.92. The minimum atomic E-state index is -0.549. The smallest absolute Gasteiger partial charge is 0.239 e. The number of nitrogens with zero attached hydrogens (tertiary/aromatic N) is 1. The van der Waals surface area contributed by atoms with Crippen LogP contribution in [-0.2, 0) is 14.3 Å². The van der Waals surface area contributed by atoms with Gasteiger partial charge in [-0.25, -0.2) is 0 Å². The first-order chi connectivity index (χ1) is 11.7. The first-order valence-electron chi connectivity index (χ1n) is 9.52. The number of hydrogen-bond acceptors (Lipinski definition) is 4. The van der Waals surface area contributed by atoms with Crippen LogP contribution < -0.4 is 11.1 Å². The SMILES string of the molecule is CCCCNC(=O)C[C@@H](OC)[C@H]([C@@H](C)CC)N(C)C(=O)[C@@H](N)C(C)C. The Balaban J connectivity index is 5.19. The second-order valence-corrected chi connectivity index (χ2v) is 7.28. The van der Waals surface area contributed by atoms with Gasteiger partial charge in [0, 0.05) is 20.7 Å². The fourth-order valence-electron chi connectivity index (χ4n) is 2.91. The zero-order valence-corrected chi connectivity index (χ0v) is 17.2. The largest absolute Gasteiger partial charge is 0.379 e. The van der Waals surface area contributed by atoms with Crippen molar-refractivity contribution < 1.29 is 14.3 Å². The highest BCUT2D eigenvalue weighted by atomic mass is 16.5. The van der Waals surface area contributed by atoms with Crippen molar-refractivity contribution in [3.63, 3.8) is 0 Å². The number of carbonyl (C=O) groups excluding carboxylic acids is 2. The van der Waals surface area contributed by atoms with Gasteiger partial charge >= 0.3 is 0 Å². The topological polar surface area (TPSA) is 84.7 Å². The Morgan fingerprint density at radius 1 is 1.20 bits per heavy atom. The van der Waals surface area contributed by atoms with Gasteiger partial charge in [-0.05, 0) is 18.3 Å². The number of nitrogens with two attached hydrogens (primary N) is 1. The highest BCUT2D eigenvalue weighted by Gasteiger charge is 2.35. The van der Waals surface area contributed by atoms with Crippen LogP contribution in [0.2, 0.25) is 0 Å². The summed E-state index contributed by atoms with van der Waals surface area (Å²) in [6.45, 7) is 10.8.